The van der Waals surface area contributed by atoms with Gasteiger partial charge in [0.05, 0.1) is 12.6 Å². The lowest BCUT2D eigenvalue weighted by Gasteiger charge is -2.55. The van der Waals surface area contributed by atoms with Gasteiger partial charge in [0.15, 0.2) is 0 Å². The Hall–Kier alpha value is -3.18. The molecule has 0 atom stereocenters. The molecule has 0 bridgehead atoms. The molecule has 0 aliphatic carbocycles. The molecule has 2 heterocycles. The SMILES string of the molecule is COc1ccc(N2C(=O)c3ccccc3CCC23CN(Cc2ccc(F)cc2)C3)cc1. The normalized spacial score (nSPS) is 17.7. The third-order valence-electron chi connectivity index (χ3n) is 6.47. The molecule has 0 saturated carbocycles. The van der Waals surface area contributed by atoms with Crippen LogP contribution < -0.4 is 9.64 Å². The maximum Gasteiger partial charge on any atom is 0.259 e. The first-order valence-electron chi connectivity index (χ1n) is 10.6. The largest absolute Gasteiger partial charge is 0.497 e. The summed E-state index contributed by atoms with van der Waals surface area (Å²) in [5.74, 6) is 0.605. The first-order chi connectivity index (χ1) is 15.1. The van der Waals surface area contributed by atoms with Gasteiger partial charge in [-0.1, -0.05) is 30.3 Å². The average Bonchev–Trinajstić information content (AvgIpc) is 2.90. The number of aryl methyl sites for hydroxylation is 1. The molecule has 3 aromatic rings. The van der Waals surface area contributed by atoms with Crippen LogP contribution in [0, 0.1) is 5.82 Å². The van der Waals surface area contributed by atoms with Crippen molar-refractivity contribution in [2.75, 3.05) is 25.1 Å². The predicted molar refractivity (Wildman–Crippen MR) is 119 cm³/mol. The number of carbonyl (C=O) groups is 1. The second-order valence-corrected chi connectivity index (χ2v) is 8.49. The second kappa shape index (κ2) is 7.82. The van der Waals surface area contributed by atoms with Gasteiger partial charge in [-0.05, 0) is 66.4 Å². The Bertz CT molecular complexity index is 1090. The van der Waals surface area contributed by atoms with Crippen LogP contribution in [-0.4, -0.2) is 36.5 Å². The van der Waals surface area contributed by atoms with Crippen molar-refractivity contribution in [2.45, 2.75) is 24.9 Å². The van der Waals surface area contributed by atoms with Crippen LogP contribution in [-0.2, 0) is 13.0 Å². The number of ether oxygens (including phenoxy) is 1. The Labute approximate surface area is 181 Å². The van der Waals surface area contributed by atoms with Crippen molar-refractivity contribution in [3.63, 3.8) is 0 Å². The second-order valence-electron chi connectivity index (χ2n) is 8.49. The monoisotopic (exact) mass is 416 g/mol. The van der Waals surface area contributed by atoms with E-state index in [0.717, 1.165) is 60.6 Å². The molecule has 2 aliphatic heterocycles. The predicted octanol–water partition coefficient (Wildman–Crippen LogP) is 4.68. The minimum Gasteiger partial charge on any atom is -0.497 e. The molecule has 1 saturated heterocycles. The highest BCUT2D eigenvalue weighted by atomic mass is 19.1. The summed E-state index contributed by atoms with van der Waals surface area (Å²) in [5.41, 5.74) is 3.61. The highest BCUT2D eigenvalue weighted by Crippen LogP contribution is 2.41. The molecule has 1 spiro atoms. The van der Waals surface area contributed by atoms with Gasteiger partial charge in [-0.3, -0.25) is 14.6 Å². The lowest BCUT2D eigenvalue weighted by Crippen LogP contribution is -2.71. The molecule has 5 rings (SSSR count). The number of methoxy groups -OCH3 is 1. The van der Waals surface area contributed by atoms with Crippen LogP contribution in [0.4, 0.5) is 10.1 Å². The van der Waals surface area contributed by atoms with E-state index in [1.165, 1.54) is 12.1 Å². The van der Waals surface area contributed by atoms with E-state index in [1.54, 1.807) is 7.11 Å². The zero-order chi connectivity index (χ0) is 21.4. The Morgan fingerprint density at radius 1 is 0.968 bits per heavy atom. The topological polar surface area (TPSA) is 32.8 Å². The summed E-state index contributed by atoms with van der Waals surface area (Å²) in [6.07, 6.45) is 1.78. The molecule has 0 radical (unpaired) electrons. The number of hydrogen-bond acceptors (Lipinski definition) is 3. The van der Waals surface area contributed by atoms with E-state index in [1.807, 2.05) is 59.5 Å². The highest BCUT2D eigenvalue weighted by Gasteiger charge is 2.51. The Kier molecular flexibility index (Phi) is 4.98. The number of likely N-dealkylation sites (tertiary alicyclic amines) is 1. The fraction of sp³-hybridized carbons (Fsp3) is 0.269. The minimum atomic E-state index is -0.259. The van der Waals surface area contributed by atoms with E-state index >= 15 is 0 Å². The van der Waals surface area contributed by atoms with Gasteiger partial charge < -0.3 is 4.74 Å². The Balaban J connectivity index is 1.46. The molecule has 4 nitrogen and oxygen atoms in total. The summed E-state index contributed by atoms with van der Waals surface area (Å²) in [6, 6.07) is 22.3. The molecular formula is C26H25FN2O2. The molecule has 0 aromatic heterocycles. The maximum absolute atomic E-state index is 13.7. The van der Waals surface area contributed by atoms with Crippen LogP contribution in [0.2, 0.25) is 0 Å². The van der Waals surface area contributed by atoms with Gasteiger partial charge in [0, 0.05) is 30.9 Å². The standard InChI is InChI=1S/C26H25FN2O2/c1-31-23-12-10-22(11-13-23)29-25(30)24-5-3-2-4-20(24)14-15-26(29)17-28(18-26)16-19-6-8-21(27)9-7-19/h2-13H,14-18H2,1H3. The van der Waals surface area contributed by atoms with Crippen LogP contribution in [0.1, 0.15) is 27.9 Å². The number of nitrogens with zero attached hydrogens (tertiary/aromatic N) is 2. The summed E-state index contributed by atoms with van der Waals surface area (Å²) in [7, 11) is 1.64. The van der Waals surface area contributed by atoms with Crippen LogP contribution in [0.25, 0.3) is 0 Å². The number of carbonyl (C=O) groups excluding carboxylic acids is 1. The van der Waals surface area contributed by atoms with Gasteiger partial charge >= 0.3 is 0 Å². The van der Waals surface area contributed by atoms with Crippen LogP contribution in [0.5, 0.6) is 5.75 Å². The summed E-state index contributed by atoms with van der Waals surface area (Å²) in [6.45, 7) is 2.33. The average molecular weight is 416 g/mol. The number of fused-ring (bicyclic) bond motifs is 1. The lowest BCUT2D eigenvalue weighted by molar-refractivity contribution is 0.0467. The summed E-state index contributed by atoms with van der Waals surface area (Å²) >= 11 is 0. The molecule has 1 amide bonds. The zero-order valence-corrected chi connectivity index (χ0v) is 17.6. The van der Waals surface area contributed by atoms with Crippen molar-refractivity contribution in [3.8, 4) is 5.75 Å². The van der Waals surface area contributed by atoms with Crippen molar-refractivity contribution in [3.05, 3.63) is 95.3 Å². The number of benzene rings is 3. The summed E-state index contributed by atoms with van der Waals surface area (Å²) in [4.78, 5) is 18.1. The molecule has 1 fully saturated rings. The van der Waals surface area contributed by atoms with E-state index in [4.69, 9.17) is 4.74 Å². The fourth-order valence-corrected chi connectivity index (χ4v) is 4.93. The van der Waals surface area contributed by atoms with E-state index in [-0.39, 0.29) is 17.3 Å². The molecule has 31 heavy (non-hydrogen) atoms. The number of hydrogen-bond donors (Lipinski definition) is 0. The van der Waals surface area contributed by atoms with Gasteiger partial charge in [-0.15, -0.1) is 0 Å². The van der Waals surface area contributed by atoms with E-state index in [0.29, 0.717) is 0 Å². The molecular weight excluding hydrogens is 391 g/mol. The number of rotatable bonds is 4. The fourth-order valence-electron chi connectivity index (χ4n) is 4.93. The minimum absolute atomic E-state index is 0.0553. The Morgan fingerprint density at radius 2 is 1.68 bits per heavy atom. The zero-order valence-electron chi connectivity index (χ0n) is 17.6. The summed E-state index contributed by atoms with van der Waals surface area (Å²) in [5, 5.41) is 0. The highest BCUT2D eigenvalue weighted by molar-refractivity contribution is 6.08. The van der Waals surface area contributed by atoms with Gasteiger partial charge in [0.1, 0.15) is 11.6 Å². The quantitative estimate of drug-likeness (QED) is 0.619. The van der Waals surface area contributed by atoms with E-state index in [9.17, 15) is 9.18 Å². The van der Waals surface area contributed by atoms with E-state index in [2.05, 4.69) is 11.0 Å². The van der Waals surface area contributed by atoms with Crippen LogP contribution in [0.15, 0.2) is 72.8 Å². The Morgan fingerprint density at radius 3 is 2.39 bits per heavy atom. The molecule has 5 heteroatoms. The third-order valence-corrected chi connectivity index (χ3v) is 6.47. The summed E-state index contributed by atoms with van der Waals surface area (Å²) < 4.78 is 18.6. The lowest BCUT2D eigenvalue weighted by atomic mass is 9.82. The molecule has 0 unspecified atom stereocenters. The van der Waals surface area contributed by atoms with Crippen molar-refractivity contribution < 1.29 is 13.9 Å². The van der Waals surface area contributed by atoms with Crippen molar-refractivity contribution in [1.82, 2.24) is 4.90 Å². The molecule has 158 valence electrons. The number of amides is 1. The van der Waals surface area contributed by atoms with Gasteiger partial charge in [-0.2, -0.15) is 0 Å². The number of halogens is 1. The van der Waals surface area contributed by atoms with Crippen molar-refractivity contribution in [1.29, 1.82) is 0 Å². The van der Waals surface area contributed by atoms with E-state index < -0.39 is 0 Å². The van der Waals surface area contributed by atoms with Gasteiger partial charge in [0.25, 0.3) is 5.91 Å². The molecule has 3 aromatic carbocycles. The first-order valence-corrected chi connectivity index (χ1v) is 10.6. The third kappa shape index (κ3) is 3.59. The molecule has 2 aliphatic rings. The smallest absolute Gasteiger partial charge is 0.259 e. The maximum atomic E-state index is 13.7. The van der Waals surface area contributed by atoms with Gasteiger partial charge in [-0.25, -0.2) is 4.39 Å². The van der Waals surface area contributed by atoms with Crippen LogP contribution >= 0.6 is 0 Å². The molecule has 0 N–H and O–H groups in total. The van der Waals surface area contributed by atoms with Crippen molar-refractivity contribution >= 4 is 11.6 Å². The van der Waals surface area contributed by atoms with Gasteiger partial charge in [0.2, 0.25) is 0 Å². The number of anilines is 1. The van der Waals surface area contributed by atoms with Crippen LogP contribution in [0.3, 0.4) is 0 Å². The first kappa shape index (κ1) is 19.8. The van der Waals surface area contributed by atoms with Crippen molar-refractivity contribution in [2.24, 2.45) is 0 Å².